The second kappa shape index (κ2) is 4.25. The lowest BCUT2D eigenvalue weighted by atomic mass is 10.3. The van der Waals surface area contributed by atoms with Crippen LogP contribution in [0.15, 0.2) is 23.1 Å². The van der Waals surface area contributed by atoms with Crippen molar-refractivity contribution in [3.8, 4) is 11.5 Å². The van der Waals surface area contributed by atoms with Crippen LogP contribution < -0.4 is 9.47 Å². The Hall–Kier alpha value is -1.07. The van der Waals surface area contributed by atoms with Gasteiger partial charge in [-0.25, -0.2) is 0 Å². The highest BCUT2D eigenvalue weighted by Crippen LogP contribution is 2.23. The maximum Gasteiger partial charge on any atom is 0.123 e. The van der Waals surface area contributed by atoms with Gasteiger partial charge in [-0.3, -0.25) is 4.21 Å². The molecule has 0 heterocycles. The van der Waals surface area contributed by atoms with Gasteiger partial charge in [-0.15, -0.1) is 0 Å². The van der Waals surface area contributed by atoms with Gasteiger partial charge in [-0.2, -0.15) is 0 Å². The van der Waals surface area contributed by atoms with E-state index >= 15 is 0 Å². The van der Waals surface area contributed by atoms with Crippen LogP contribution in [0, 0.1) is 0 Å². The molecular weight excluding hydrogens is 192 g/mol. The fourth-order valence-corrected chi connectivity index (χ4v) is 1.30. The maximum absolute atomic E-state index is 10.6. The van der Waals surface area contributed by atoms with Gasteiger partial charge in [0.05, 0.1) is 14.2 Å². The molecule has 0 N–H and O–H groups in total. The lowest BCUT2D eigenvalue weighted by molar-refractivity contribution is 0.391. The van der Waals surface area contributed by atoms with Crippen molar-refractivity contribution in [1.29, 1.82) is 0 Å². The number of benzene rings is 1. The predicted octanol–water partition coefficient (Wildman–Crippen LogP) is 0.942. The van der Waals surface area contributed by atoms with Crippen molar-refractivity contribution in [1.82, 2.24) is 0 Å². The molecule has 0 aliphatic heterocycles. The zero-order valence-electron chi connectivity index (χ0n) is 7.27. The van der Waals surface area contributed by atoms with Crippen molar-refractivity contribution < 1.29 is 18.2 Å². The summed E-state index contributed by atoms with van der Waals surface area (Å²) in [6, 6.07) is 4.45. The molecule has 13 heavy (non-hydrogen) atoms. The number of methoxy groups -OCH3 is 2. The first-order valence-electron chi connectivity index (χ1n) is 3.49. The Bertz CT molecular complexity index is 302. The fourth-order valence-electron chi connectivity index (χ4n) is 0.878. The van der Waals surface area contributed by atoms with Gasteiger partial charge in [0.25, 0.3) is 0 Å². The third-order valence-corrected chi connectivity index (χ3v) is 2.14. The zero-order chi connectivity index (χ0) is 9.84. The Kier molecular flexibility index (Phi) is 3.27. The number of hydrogen-bond acceptors (Lipinski definition) is 4. The average molecular weight is 201 g/mol. The summed E-state index contributed by atoms with van der Waals surface area (Å²) < 4.78 is 31.0. The molecule has 0 aliphatic rings. The van der Waals surface area contributed by atoms with E-state index in [1.807, 2.05) is 0 Å². The van der Waals surface area contributed by atoms with Gasteiger partial charge in [0, 0.05) is 11.0 Å². The molecule has 0 saturated carbocycles. The van der Waals surface area contributed by atoms with E-state index in [0.29, 0.717) is 11.5 Å². The largest absolute Gasteiger partial charge is 0.768 e. The third-order valence-electron chi connectivity index (χ3n) is 1.52. The van der Waals surface area contributed by atoms with E-state index in [2.05, 4.69) is 0 Å². The number of hydrogen-bond donors (Lipinski definition) is 0. The summed E-state index contributed by atoms with van der Waals surface area (Å²) in [5.41, 5.74) is 0. The summed E-state index contributed by atoms with van der Waals surface area (Å²) in [6.07, 6.45) is 0. The van der Waals surface area contributed by atoms with Crippen LogP contribution in [0.25, 0.3) is 0 Å². The molecule has 72 valence electrons. The second-order valence-corrected chi connectivity index (χ2v) is 3.22. The van der Waals surface area contributed by atoms with E-state index in [-0.39, 0.29) is 4.90 Å². The van der Waals surface area contributed by atoms with Gasteiger partial charge in [0.15, 0.2) is 0 Å². The predicted molar refractivity (Wildman–Crippen MR) is 46.7 cm³/mol. The highest BCUT2D eigenvalue weighted by molar-refractivity contribution is 7.79. The smallest absolute Gasteiger partial charge is 0.123 e. The molecule has 4 nitrogen and oxygen atoms in total. The van der Waals surface area contributed by atoms with E-state index in [0.717, 1.165) is 0 Å². The Morgan fingerprint density at radius 2 is 1.62 bits per heavy atom. The van der Waals surface area contributed by atoms with E-state index in [1.54, 1.807) is 6.07 Å². The maximum atomic E-state index is 10.6. The lowest BCUT2D eigenvalue weighted by Crippen LogP contribution is -1.93. The summed E-state index contributed by atoms with van der Waals surface area (Å²) >= 11 is -2.26. The van der Waals surface area contributed by atoms with Crippen LogP contribution in [-0.4, -0.2) is 23.0 Å². The Balaban J connectivity index is 3.14. The summed E-state index contributed by atoms with van der Waals surface area (Å²) in [7, 11) is 2.93. The quantitative estimate of drug-likeness (QED) is 0.683. The highest BCUT2D eigenvalue weighted by atomic mass is 32.2. The molecular formula is C8H9O4S-. The minimum Gasteiger partial charge on any atom is -0.768 e. The fraction of sp³-hybridized carbons (Fsp3) is 0.250. The third kappa shape index (κ3) is 2.43. The van der Waals surface area contributed by atoms with Crippen molar-refractivity contribution in [3.63, 3.8) is 0 Å². The molecule has 0 bridgehead atoms. The summed E-state index contributed by atoms with van der Waals surface area (Å²) in [5.74, 6) is 0.914. The van der Waals surface area contributed by atoms with Crippen LogP contribution in [0.5, 0.6) is 11.5 Å². The van der Waals surface area contributed by atoms with Crippen molar-refractivity contribution >= 4 is 11.1 Å². The van der Waals surface area contributed by atoms with Crippen LogP contribution in [0.4, 0.5) is 0 Å². The lowest BCUT2D eigenvalue weighted by Gasteiger charge is -2.09. The molecule has 1 rings (SSSR count). The van der Waals surface area contributed by atoms with Crippen LogP contribution >= 0.6 is 0 Å². The molecule has 0 fully saturated rings. The van der Waals surface area contributed by atoms with E-state index in [9.17, 15) is 8.76 Å². The van der Waals surface area contributed by atoms with Gasteiger partial charge in [-0.1, -0.05) is 0 Å². The minimum atomic E-state index is -2.26. The van der Waals surface area contributed by atoms with Gasteiger partial charge < -0.3 is 14.0 Å². The molecule has 1 aromatic carbocycles. The topological polar surface area (TPSA) is 58.6 Å². The van der Waals surface area contributed by atoms with E-state index in [4.69, 9.17) is 9.47 Å². The van der Waals surface area contributed by atoms with Crippen molar-refractivity contribution in [3.05, 3.63) is 18.2 Å². The van der Waals surface area contributed by atoms with Crippen molar-refractivity contribution in [2.75, 3.05) is 14.2 Å². The van der Waals surface area contributed by atoms with Crippen LogP contribution in [0.3, 0.4) is 0 Å². The molecule has 0 aliphatic carbocycles. The Labute approximate surface area is 78.8 Å². The average Bonchev–Trinajstić information content (AvgIpc) is 2.16. The first-order chi connectivity index (χ1) is 6.17. The number of rotatable bonds is 3. The first kappa shape index (κ1) is 10.0. The SMILES string of the molecule is COc1cc(OC)cc(S(=O)[O-])c1. The standard InChI is InChI=1S/C8H10O4S/c1-11-6-3-7(12-2)5-8(4-6)13(9)10/h3-5H,1-2H3,(H,9,10)/p-1. The summed E-state index contributed by atoms with van der Waals surface area (Å²) in [6.45, 7) is 0. The molecule has 0 saturated heterocycles. The molecule has 0 spiro atoms. The van der Waals surface area contributed by atoms with Crippen LogP contribution in [0.2, 0.25) is 0 Å². The highest BCUT2D eigenvalue weighted by Gasteiger charge is 2.01. The molecule has 1 atom stereocenters. The van der Waals surface area contributed by atoms with Gasteiger partial charge >= 0.3 is 0 Å². The normalized spacial score (nSPS) is 12.2. The van der Waals surface area contributed by atoms with Gasteiger partial charge in [-0.05, 0) is 23.2 Å². The van der Waals surface area contributed by atoms with Crippen LogP contribution in [-0.2, 0) is 11.1 Å². The van der Waals surface area contributed by atoms with Crippen molar-refractivity contribution in [2.45, 2.75) is 4.90 Å². The molecule has 1 aromatic rings. The van der Waals surface area contributed by atoms with E-state index in [1.165, 1.54) is 26.4 Å². The molecule has 0 aromatic heterocycles. The van der Waals surface area contributed by atoms with E-state index < -0.39 is 11.1 Å². The Morgan fingerprint density at radius 1 is 1.15 bits per heavy atom. The minimum absolute atomic E-state index is 0.149. The van der Waals surface area contributed by atoms with Gasteiger partial charge in [0.1, 0.15) is 11.5 Å². The molecule has 5 heteroatoms. The number of ether oxygens (including phenoxy) is 2. The summed E-state index contributed by atoms with van der Waals surface area (Å²) in [4.78, 5) is 0.149. The monoisotopic (exact) mass is 201 g/mol. The molecule has 0 amide bonds. The van der Waals surface area contributed by atoms with Gasteiger partial charge in [0.2, 0.25) is 0 Å². The Morgan fingerprint density at radius 3 is 1.92 bits per heavy atom. The van der Waals surface area contributed by atoms with Crippen LogP contribution in [0.1, 0.15) is 0 Å². The summed E-state index contributed by atoms with van der Waals surface area (Å²) in [5, 5.41) is 0. The molecule has 0 radical (unpaired) electrons. The second-order valence-electron chi connectivity index (χ2n) is 2.28. The zero-order valence-corrected chi connectivity index (χ0v) is 8.09. The first-order valence-corrected chi connectivity index (χ1v) is 4.57. The van der Waals surface area contributed by atoms with Crippen molar-refractivity contribution in [2.24, 2.45) is 0 Å². The molecule has 1 unspecified atom stereocenters.